The molecule has 50 heavy (non-hydrogen) atoms. The molecule has 262 valence electrons. The number of carbonyl (C=O) groups excluding carboxylic acids is 1. The molecule has 4 heterocycles. The lowest BCUT2D eigenvalue weighted by molar-refractivity contribution is -0.111. The standard InChI is InChI=1S/C39H48N8O3/c1-5-39(48)43-32-23-33(36(49-4)24-35(32)46-16-13-29(14-17-46)45-20-18-44(19-21-45)27(2)3)42-37-25-38(41-26-40-37)47-34(15-22-50-47)31-12-8-10-28-9-6-7-11-30(28)31/h5-12,23-27,29,34H,1,13-22H2,2-4H3,(H,43,48)(H,40,41,42). The minimum Gasteiger partial charge on any atom is -0.494 e. The molecule has 2 N–H and O–H groups in total. The second-order valence-electron chi connectivity index (χ2n) is 13.6. The lowest BCUT2D eigenvalue weighted by atomic mass is 9.97. The Morgan fingerprint density at radius 1 is 0.960 bits per heavy atom. The Morgan fingerprint density at radius 3 is 2.50 bits per heavy atom. The van der Waals surface area contributed by atoms with Crippen LogP contribution in [0.25, 0.3) is 10.8 Å². The molecular formula is C39H48N8O3. The minimum absolute atomic E-state index is 0.00664. The summed E-state index contributed by atoms with van der Waals surface area (Å²) in [6.07, 6.45) is 5.81. The van der Waals surface area contributed by atoms with Gasteiger partial charge in [0.2, 0.25) is 5.91 Å². The summed E-state index contributed by atoms with van der Waals surface area (Å²) in [6, 6.07) is 21.8. The van der Waals surface area contributed by atoms with Crippen LogP contribution in [0.2, 0.25) is 0 Å². The molecule has 3 saturated heterocycles. The van der Waals surface area contributed by atoms with Crippen LogP contribution in [0.3, 0.4) is 0 Å². The second-order valence-corrected chi connectivity index (χ2v) is 13.6. The smallest absolute Gasteiger partial charge is 0.247 e. The van der Waals surface area contributed by atoms with Crippen LogP contribution in [-0.4, -0.2) is 90.7 Å². The van der Waals surface area contributed by atoms with E-state index in [1.165, 1.54) is 28.7 Å². The average molecular weight is 677 g/mol. The number of nitrogens with one attached hydrogen (secondary N) is 2. The molecular weight excluding hydrogens is 628 g/mol. The molecule has 0 aliphatic carbocycles. The summed E-state index contributed by atoms with van der Waals surface area (Å²) in [6.45, 7) is 15.1. The third-order valence-corrected chi connectivity index (χ3v) is 10.4. The fraction of sp³-hybridized carbons (Fsp3) is 0.410. The molecule has 3 aromatic carbocycles. The first-order chi connectivity index (χ1) is 24.4. The van der Waals surface area contributed by atoms with Crippen LogP contribution < -0.4 is 25.3 Å². The first kappa shape index (κ1) is 33.8. The van der Waals surface area contributed by atoms with E-state index in [9.17, 15) is 4.79 Å². The van der Waals surface area contributed by atoms with E-state index in [-0.39, 0.29) is 11.9 Å². The summed E-state index contributed by atoms with van der Waals surface area (Å²) >= 11 is 0. The molecule has 0 radical (unpaired) electrons. The highest BCUT2D eigenvalue weighted by molar-refractivity contribution is 6.02. The summed E-state index contributed by atoms with van der Waals surface area (Å²) < 4.78 is 5.91. The van der Waals surface area contributed by atoms with Gasteiger partial charge in [-0.05, 0) is 55.2 Å². The first-order valence-corrected chi connectivity index (χ1v) is 17.8. The van der Waals surface area contributed by atoms with Gasteiger partial charge in [-0.25, -0.2) is 15.0 Å². The Bertz CT molecular complexity index is 1810. The van der Waals surface area contributed by atoms with Crippen LogP contribution in [0.15, 0.2) is 79.6 Å². The van der Waals surface area contributed by atoms with Crippen molar-refractivity contribution < 1.29 is 14.4 Å². The van der Waals surface area contributed by atoms with Gasteiger partial charge in [0.05, 0.1) is 36.8 Å². The maximum atomic E-state index is 12.6. The number of piperidine rings is 1. The van der Waals surface area contributed by atoms with Crippen LogP contribution >= 0.6 is 0 Å². The van der Waals surface area contributed by atoms with E-state index in [0.29, 0.717) is 47.5 Å². The van der Waals surface area contributed by atoms with Crippen molar-refractivity contribution in [2.45, 2.75) is 51.2 Å². The molecule has 1 amide bonds. The third-order valence-electron chi connectivity index (χ3n) is 10.4. The number of methoxy groups -OCH3 is 1. The number of nitrogens with zero attached hydrogens (tertiary/aromatic N) is 6. The van der Waals surface area contributed by atoms with Gasteiger partial charge in [-0.3, -0.25) is 19.4 Å². The van der Waals surface area contributed by atoms with E-state index >= 15 is 0 Å². The zero-order valence-corrected chi connectivity index (χ0v) is 29.3. The summed E-state index contributed by atoms with van der Waals surface area (Å²) in [4.78, 5) is 35.5. The number of benzene rings is 3. The van der Waals surface area contributed by atoms with E-state index in [4.69, 9.17) is 9.57 Å². The monoisotopic (exact) mass is 676 g/mol. The molecule has 1 aromatic heterocycles. The Morgan fingerprint density at radius 2 is 1.74 bits per heavy atom. The van der Waals surface area contributed by atoms with Crippen LogP contribution in [0.1, 0.15) is 44.7 Å². The highest BCUT2D eigenvalue weighted by Gasteiger charge is 2.32. The Hall–Kier alpha value is -4.71. The zero-order valence-electron chi connectivity index (χ0n) is 29.3. The van der Waals surface area contributed by atoms with E-state index in [1.54, 1.807) is 7.11 Å². The van der Waals surface area contributed by atoms with Crippen LogP contribution in [0.4, 0.5) is 28.7 Å². The van der Waals surface area contributed by atoms with Crippen molar-refractivity contribution in [1.82, 2.24) is 19.8 Å². The summed E-state index contributed by atoms with van der Waals surface area (Å²) in [7, 11) is 1.66. The van der Waals surface area contributed by atoms with E-state index in [1.807, 2.05) is 23.3 Å². The SMILES string of the molecule is C=CC(=O)Nc1cc(Nc2cc(N3OCCC3c3cccc4ccccc34)ncn2)c(OC)cc1N1CCC(N2CCN(C(C)C)CC2)CC1. The molecule has 11 nitrogen and oxygen atoms in total. The van der Waals surface area contributed by atoms with E-state index < -0.39 is 0 Å². The number of ether oxygens (including phenoxy) is 1. The molecule has 3 aliphatic rings. The van der Waals surface area contributed by atoms with Crippen molar-refractivity contribution in [3.63, 3.8) is 0 Å². The van der Waals surface area contributed by atoms with Gasteiger partial charge in [-0.15, -0.1) is 0 Å². The van der Waals surface area contributed by atoms with Crippen LogP contribution in [0.5, 0.6) is 5.75 Å². The predicted octanol–water partition coefficient (Wildman–Crippen LogP) is 6.38. The number of hydroxylamine groups is 1. The lowest BCUT2D eigenvalue weighted by Crippen LogP contribution is -2.54. The predicted molar refractivity (Wildman–Crippen MR) is 200 cm³/mol. The van der Waals surface area contributed by atoms with E-state index in [2.05, 4.69) is 98.2 Å². The van der Waals surface area contributed by atoms with Gasteiger partial charge in [0, 0.05) is 69.9 Å². The summed E-state index contributed by atoms with van der Waals surface area (Å²) in [5.74, 6) is 1.61. The maximum absolute atomic E-state index is 12.6. The zero-order chi connectivity index (χ0) is 34.6. The maximum Gasteiger partial charge on any atom is 0.247 e. The number of amides is 1. The van der Waals surface area contributed by atoms with Gasteiger partial charge in [-0.2, -0.15) is 0 Å². The van der Waals surface area contributed by atoms with Gasteiger partial charge in [-0.1, -0.05) is 49.0 Å². The van der Waals surface area contributed by atoms with Crippen molar-refractivity contribution in [3.8, 4) is 5.75 Å². The molecule has 3 aliphatic heterocycles. The van der Waals surface area contributed by atoms with E-state index in [0.717, 1.165) is 64.2 Å². The number of piperazine rings is 1. The Labute approximate surface area is 294 Å². The Kier molecular flexibility index (Phi) is 10.2. The molecule has 3 fully saturated rings. The number of fused-ring (bicyclic) bond motifs is 1. The third kappa shape index (κ3) is 7.12. The molecule has 11 heteroatoms. The van der Waals surface area contributed by atoms with Crippen molar-refractivity contribution >= 4 is 45.4 Å². The van der Waals surface area contributed by atoms with Crippen molar-refractivity contribution in [2.75, 3.05) is 73.6 Å². The Balaban J connectivity index is 1.10. The highest BCUT2D eigenvalue weighted by Crippen LogP contribution is 2.41. The first-order valence-electron chi connectivity index (χ1n) is 17.8. The highest BCUT2D eigenvalue weighted by atomic mass is 16.7. The number of rotatable bonds is 10. The van der Waals surface area contributed by atoms with Crippen molar-refractivity contribution in [1.29, 1.82) is 0 Å². The fourth-order valence-corrected chi connectivity index (χ4v) is 7.66. The topological polar surface area (TPSA) is 98.3 Å². The number of aromatic nitrogens is 2. The minimum atomic E-state index is -0.268. The number of carbonyl (C=O) groups is 1. The molecule has 1 atom stereocenters. The molecule has 7 rings (SSSR count). The van der Waals surface area contributed by atoms with Gasteiger partial charge in [0.15, 0.2) is 5.82 Å². The molecule has 0 bridgehead atoms. The fourth-order valence-electron chi connectivity index (χ4n) is 7.66. The number of hydrogen-bond donors (Lipinski definition) is 2. The summed E-state index contributed by atoms with van der Waals surface area (Å²) in [5, 5.41) is 10.8. The van der Waals surface area contributed by atoms with Crippen LogP contribution in [0, 0.1) is 0 Å². The number of hydrogen-bond acceptors (Lipinski definition) is 10. The van der Waals surface area contributed by atoms with Crippen molar-refractivity contribution in [2.24, 2.45) is 0 Å². The van der Waals surface area contributed by atoms with Gasteiger partial charge < -0.3 is 20.3 Å². The molecule has 4 aromatic rings. The quantitative estimate of drug-likeness (QED) is 0.184. The average Bonchev–Trinajstić information content (AvgIpc) is 3.65. The molecule has 0 saturated carbocycles. The lowest BCUT2D eigenvalue weighted by Gasteiger charge is -2.44. The normalized spacial score (nSPS) is 19.2. The van der Waals surface area contributed by atoms with Crippen molar-refractivity contribution in [3.05, 3.63) is 85.2 Å². The molecule has 0 spiro atoms. The second kappa shape index (κ2) is 15.0. The van der Waals surface area contributed by atoms with Gasteiger partial charge >= 0.3 is 0 Å². The van der Waals surface area contributed by atoms with Crippen LogP contribution in [-0.2, 0) is 9.63 Å². The van der Waals surface area contributed by atoms with Gasteiger partial charge in [0.1, 0.15) is 17.9 Å². The van der Waals surface area contributed by atoms with Gasteiger partial charge in [0.25, 0.3) is 0 Å². The molecule has 1 unspecified atom stereocenters. The largest absolute Gasteiger partial charge is 0.494 e. The summed E-state index contributed by atoms with van der Waals surface area (Å²) in [5.41, 5.74) is 3.49. The number of anilines is 5.